The topological polar surface area (TPSA) is 50.8 Å². The van der Waals surface area contributed by atoms with Gasteiger partial charge in [0.05, 0.1) is 0 Å². The second kappa shape index (κ2) is 10.0. The highest BCUT2D eigenvalue weighted by Gasteiger charge is 2.37. The van der Waals surface area contributed by atoms with Crippen LogP contribution in [0.1, 0.15) is 35.4 Å². The lowest BCUT2D eigenvalue weighted by molar-refractivity contribution is 0.662. The number of thiophene rings is 1. The van der Waals surface area contributed by atoms with Gasteiger partial charge in [0.15, 0.2) is 0 Å². The van der Waals surface area contributed by atoms with Crippen LogP contribution in [0.15, 0.2) is 109 Å². The third-order valence-corrected chi connectivity index (χ3v) is 8.77. The maximum absolute atomic E-state index is 9.21. The summed E-state index contributed by atoms with van der Waals surface area (Å²) in [5.74, 6) is 0. The maximum Gasteiger partial charge on any atom is 0.131 e. The zero-order valence-electron chi connectivity index (χ0n) is 22.6. The van der Waals surface area contributed by atoms with Gasteiger partial charge in [-0.15, -0.1) is 11.3 Å². The molecule has 0 atom stereocenters. The molecule has 192 valence electrons. The monoisotopic (exact) mass is 533 g/mol. The van der Waals surface area contributed by atoms with Gasteiger partial charge in [-0.05, 0) is 83.3 Å². The fourth-order valence-electron chi connectivity index (χ4n) is 5.48. The molecule has 1 aliphatic carbocycles. The molecule has 0 radical (unpaired) electrons. The maximum atomic E-state index is 9.21. The largest absolute Gasteiger partial charge is 0.310 e. The van der Waals surface area contributed by atoms with E-state index in [0.717, 1.165) is 21.9 Å². The highest BCUT2D eigenvalue weighted by atomic mass is 32.1. The van der Waals surface area contributed by atoms with E-state index in [1.165, 1.54) is 38.3 Å². The van der Waals surface area contributed by atoms with Gasteiger partial charge >= 0.3 is 0 Å². The lowest BCUT2D eigenvalue weighted by Crippen LogP contribution is -2.16. The molecule has 1 heterocycles. The van der Waals surface area contributed by atoms with Gasteiger partial charge in [-0.25, -0.2) is 0 Å². The lowest BCUT2D eigenvalue weighted by atomic mass is 9.82. The highest BCUT2D eigenvalue weighted by molar-refractivity contribution is 7.16. The molecule has 0 saturated carbocycles. The number of rotatable bonds is 5. The molecule has 0 amide bonds. The van der Waals surface area contributed by atoms with Crippen molar-refractivity contribution < 1.29 is 0 Å². The second-order valence-corrected chi connectivity index (χ2v) is 11.7. The summed E-state index contributed by atoms with van der Waals surface area (Å²) in [7, 11) is 0. The van der Waals surface area contributed by atoms with Gasteiger partial charge in [-0.1, -0.05) is 80.1 Å². The van der Waals surface area contributed by atoms with Crippen molar-refractivity contribution in [1.29, 1.82) is 10.5 Å². The first kappa shape index (κ1) is 25.4. The fourth-order valence-corrected chi connectivity index (χ4v) is 6.78. The number of nitriles is 2. The molecular weight excluding hydrogens is 506 g/mol. The minimum atomic E-state index is -0.209. The number of allylic oxidation sites excluding steroid dienone is 1. The van der Waals surface area contributed by atoms with Crippen molar-refractivity contribution in [3.63, 3.8) is 0 Å². The van der Waals surface area contributed by atoms with Gasteiger partial charge in [0.2, 0.25) is 0 Å². The van der Waals surface area contributed by atoms with E-state index in [0.29, 0.717) is 0 Å². The first-order valence-electron chi connectivity index (χ1n) is 13.2. The Morgan fingerprint density at radius 2 is 1.32 bits per heavy atom. The van der Waals surface area contributed by atoms with Crippen LogP contribution < -0.4 is 4.90 Å². The Balaban J connectivity index is 1.44. The van der Waals surface area contributed by atoms with E-state index < -0.39 is 0 Å². The van der Waals surface area contributed by atoms with Crippen LogP contribution >= 0.6 is 11.3 Å². The molecule has 0 saturated heterocycles. The zero-order valence-corrected chi connectivity index (χ0v) is 23.5. The molecule has 5 aromatic rings. The molecule has 3 nitrogen and oxygen atoms in total. The summed E-state index contributed by atoms with van der Waals surface area (Å²) in [6.45, 7) is 6.61. The minimum absolute atomic E-state index is 0.125. The molecule has 6 rings (SSSR count). The number of hydrogen-bond acceptors (Lipinski definition) is 4. The molecule has 1 aromatic heterocycles. The minimum Gasteiger partial charge on any atom is -0.310 e. The summed E-state index contributed by atoms with van der Waals surface area (Å²) in [4.78, 5) is 4.46. The number of anilines is 3. The normalized spacial score (nSPS) is 12.5. The van der Waals surface area contributed by atoms with E-state index in [1.807, 2.05) is 18.2 Å². The van der Waals surface area contributed by atoms with Crippen molar-refractivity contribution in [2.75, 3.05) is 4.90 Å². The van der Waals surface area contributed by atoms with Crippen LogP contribution in [0.5, 0.6) is 0 Å². The third kappa shape index (κ3) is 4.39. The van der Waals surface area contributed by atoms with E-state index in [2.05, 4.69) is 123 Å². The zero-order chi connectivity index (χ0) is 27.9. The average Bonchev–Trinajstić information content (AvgIpc) is 3.50. The molecule has 4 aromatic carbocycles. The van der Waals surface area contributed by atoms with Crippen molar-refractivity contribution in [3.8, 4) is 33.7 Å². The first-order chi connectivity index (χ1) is 19.4. The van der Waals surface area contributed by atoms with E-state index in [1.54, 1.807) is 17.4 Å². The number of fused-ring (bicyclic) bond motifs is 3. The molecule has 0 bridgehead atoms. The molecular formula is C36H27N3S. The Hall–Kier alpha value is -4.90. The summed E-state index contributed by atoms with van der Waals surface area (Å²) < 4.78 is 0. The van der Waals surface area contributed by atoms with Crippen molar-refractivity contribution in [3.05, 3.63) is 130 Å². The number of aryl methyl sites for hydroxylation is 1. The smallest absolute Gasteiger partial charge is 0.131 e. The van der Waals surface area contributed by atoms with Crippen molar-refractivity contribution in [1.82, 2.24) is 0 Å². The summed E-state index contributed by atoms with van der Waals surface area (Å²) in [5.41, 5.74) is 10.6. The number of hydrogen-bond donors (Lipinski definition) is 0. The molecule has 0 spiro atoms. The summed E-state index contributed by atoms with van der Waals surface area (Å²) >= 11 is 1.64. The third-order valence-electron chi connectivity index (χ3n) is 7.66. The summed E-state index contributed by atoms with van der Waals surface area (Å²) in [6, 6.07) is 40.7. The Labute approximate surface area is 239 Å². The van der Waals surface area contributed by atoms with Gasteiger partial charge in [0.1, 0.15) is 17.7 Å². The average molecular weight is 534 g/mol. The highest BCUT2D eigenvalue weighted by Crippen LogP contribution is 2.54. The summed E-state index contributed by atoms with van der Waals surface area (Å²) in [6.07, 6.45) is 1.69. The van der Waals surface area contributed by atoms with Crippen LogP contribution in [0.3, 0.4) is 0 Å². The van der Waals surface area contributed by atoms with Crippen molar-refractivity contribution >= 4 is 34.5 Å². The quantitative estimate of drug-likeness (QED) is 0.211. The van der Waals surface area contributed by atoms with Gasteiger partial charge in [0, 0.05) is 32.2 Å². The van der Waals surface area contributed by atoms with Crippen molar-refractivity contribution in [2.45, 2.75) is 26.2 Å². The van der Waals surface area contributed by atoms with E-state index >= 15 is 0 Å². The van der Waals surface area contributed by atoms with Gasteiger partial charge in [-0.3, -0.25) is 0 Å². The standard InChI is InChI=1S/C36H27N3S/c1-24-9-13-28(14-10-24)39(29-15-11-27(12-16-29)26-7-5-4-6-8-26)30-17-18-32-33(20-30)36(2,3)34-21-31(40-35(32)34)19-25(22-37)23-38/h4-21H,1-3H3. The fraction of sp³-hybridized carbons (Fsp3) is 0.111. The van der Waals surface area contributed by atoms with Crippen LogP contribution in [0.2, 0.25) is 0 Å². The SMILES string of the molecule is Cc1ccc(N(c2ccc(-c3ccccc3)cc2)c2ccc3c(c2)C(C)(C)c2cc(C=C(C#N)C#N)sc2-3)cc1. The van der Waals surface area contributed by atoms with Crippen molar-refractivity contribution in [2.24, 2.45) is 0 Å². The first-order valence-corrected chi connectivity index (χ1v) is 14.0. The number of benzene rings is 4. The number of nitrogens with zero attached hydrogens (tertiary/aromatic N) is 3. The predicted octanol–water partition coefficient (Wildman–Crippen LogP) is 9.93. The summed E-state index contributed by atoms with van der Waals surface area (Å²) in [5, 5.41) is 18.4. The van der Waals surface area contributed by atoms with E-state index in [9.17, 15) is 10.5 Å². The molecule has 0 N–H and O–H groups in total. The Bertz CT molecular complexity index is 1810. The van der Waals surface area contributed by atoms with Crippen LogP contribution in [0.25, 0.3) is 27.6 Å². The Morgan fingerprint density at radius 1 is 0.725 bits per heavy atom. The van der Waals surface area contributed by atoms with Crippen LogP contribution in [0.4, 0.5) is 17.1 Å². The molecule has 4 heteroatoms. The molecule has 0 unspecified atom stereocenters. The second-order valence-electron chi connectivity index (χ2n) is 10.6. The van der Waals surface area contributed by atoms with Gasteiger partial charge in [0.25, 0.3) is 0 Å². The van der Waals surface area contributed by atoms with Gasteiger partial charge in [-0.2, -0.15) is 10.5 Å². The van der Waals surface area contributed by atoms with E-state index in [4.69, 9.17) is 0 Å². The predicted molar refractivity (Wildman–Crippen MR) is 166 cm³/mol. The molecule has 0 fully saturated rings. The Morgan fingerprint density at radius 3 is 1.98 bits per heavy atom. The lowest BCUT2D eigenvalue weighted by Gasteiger charge is -2.28. The molecule has 40 heavy (non-hydrogen) atoms. The van der Waals surface area contributed by atoms with Crippen LogP contribution in [0, 0.1) is 29.6 Å². The van der Waals surface area contributed by atoms with E-state index in [-0.39, 0.29) is 11.0 Å². The van der Waals surface area contributed by atoms with Gasteiger partial charge < -0.3 is 4.90 Å². The van der Waals surface area contributed by atoms with Crippen LogP contribution in [-0.2, 0) is 5.41 Å². The molecule has 1 aliphatic rings. The Kier molecular flexibility index (Phi) is 6.35. The van der Waals surface area contributed by atoms with Crippen LogP contribution in [-0.4, -0.2) is 0 Å². The molecule has 0 aliphatic heterocycles.